The number of alkyl halides is 3. The van der Waals surface area contributed by atoms with Gasteiger partial charge in [0, 0.05) is 12.6 Å². The Kier molecular flexibility index (Phi) is 7.21. The van der Waals surface area contributed by atoms with E-state index in [2.05, 4.69) is 10.6 Å². The van der Waals surface area contributed by atoms with Crippen LogP contribution in [0.25, 0.3) is 0 Å². The first-order valence-corrected chi connectivity index (χ1v) is 11.8. The number of hydrogen-bond donors (Lipinski definition) is 3. The van der Waals surface area contributed by atoms with Crippen LogP contribution in [0, 0.1) is 11.2 Å². The Balaban J connectivity index is 1.30. The Morgan fingerprint density at radius 2 is 1.75 bits per heavy atom. The van der Waals surface area contributed by atoms with Gasteiger partial charge in [-0.2, -0.15) is 13.2 Å². The molecule has 0 heterocycles. The number of nitrogens with one attached hydrogen (secondary N) is 2. The van der Waals surface area contributed by atoms with Crippen molar-refractivity contribution in [2.75, 3.05) is 6.61 Å². The van der Waals surface area contributed by atoms with E-state index in [0.29, 0.717) is 31.2 Å². The van der Waals surface area contributed by atoms with Crippen molar-refractivity contribution in [3.8, 4) is 5.75 Å². The van der Waals surface area contributed by atoms with Crippen LogP contribution in [0.2, 0.25) is 5.02 Å². The first-order valence-electron chi connectivity index (χ1n) is 11.4. The van der Waals surface area contributed by atoms with Crippen molar-refractivity contribution in [2.45, 2.75) is 56.5 Å². The van der Waals surface area contributed by atoms with Crippen molar-refractivity contribution in [3.05, 3.63) is 64.4 Å². The van der Waals surface area contributed by atoms with Crippen LogP contribution in [-0.4, -0.2) is 35.2 Å². The maximum atomic E-state index is 13.5. The molecule has 0 saturated heterocycles. The topological polar surface area (TPSA) is 87.7 Å². The number of benzene rings is 2. The lowest BCUT2D eigenvalue weighted by atomic mass is 9.55. The molecular weight excluding hydrogens is 504 g/mol. The predicted molar refractivity (Wildman–Crippen MR) is 123 cm³/mol. The fraction of sp³-hybridized carbons (Fsp3) is 0.440. The minimum absolute atomic E-state index is 0.0647. The third kappa shape index (κ3) is 5.44. The molecule has 194 valence electrons. The number of halogens is 5. The molecule has 0 radical (unpaired) electrons. The van der Waals surface area contributed by atoms with Gasteiger partial charge >= 0.3 is 6.18 Å². The Bertz CT molecular complexity index is 1130. The van der Waals surface area contributed by atoms with E-state index in [0.717, 1.165) is 18.2 Å². The molecule has 0 spiro atoms. The minimum Gasteiger partial charge on any atom is -0.484 e. The third-order valence-corrected chi connectivity index (χ3v) is 7.49. The van der Waals surface area contributed by atoms with E-state index in [-0.39, 0.29) is 36.3 Å². The summed E-state index contributed by atoms with van der Waals surface area (Å²) in [7, 11) is 0. The van der Waals surface area contributed by atoms with Gasteiger partial charge in [-0.3, -0.25) is 9.59 Å². The average molecular weight is 529 g/mol. The van der Waals surface area contributed by atoms with Crippen molar-refractivity contribution < 1.29 is 37.0 Å². The van der Waals surface area contributed by atoms with Gasteiger partial charge in [0.15, 0.2) is 6.61 Å². The highest BCUT2D eigenvalue weighted by Gasteiger charge is 2.57. The lowest BCUT2D eigenvalue weighted by Crippen LogP contribution is -2.67. The zero-order chi connectivity index (χ0) is 26.1. The van der Waals surface area contributed by atoms with E-state index in [4.69, 9.17) is 16.3 Å². The molecule has 1 atom stereocenters. The average Bonchev–Trinajstić information content (AvgIpc) is 2.84. The lowest BCUT2D eigenvalue weighted by molar-refractivity contribution is -0.151. The van der Waals surface area contributed by atoms with Crippen LogP contribution in [-0.2, 0) is 22.3 Å². The Morgan fingerprint density at radius 3 is 2.33 bits per heavy atom. The number of aliphatic hydroxyl groups excluding tert-OH is 1. The van der Waals surface area contributed by atoms with Gasteiger partial charge in [-0.05, 0) is 61.9 Å². The standard InChI is InChI=1S/C25H25ClF4N2O4/c26-18-6-5-17(11-19(18)27)36-14-21(34)32-24-9-7-23(8-10-24,12-20(24)33)22(35)31-13-15-1-3-16(4-2-15)25(28,29)30/h1-6,11,20,33H,7-10,12-14H2,(H,31,35)(H,32,34)/t20-,23?,24?/m0/s1. The first-order chi connectivity index (χ1) is 16.9. The molecule has 36 heavy (non-hydrogen) atoms. The number of rotatable bonds is 7. The molecule has 2 bridgehead atoms. The molecule has 0 aliphatic heterocycles. The summed E-state index contributed by atoms with van der Waals surface area (Å²) in [4.78, 5) is 25.5. The Morgan fingerprint density at radius 1 is 1.08 bits per heavy atom. The monoisotopic (exact) mass is 528 g/mol. The molecule has 0 unspecified atom stereocenters. The molecule has 2 aromatic carbocycles. The van der Waals surface area contributed by atoms with E-state index in [9.17, 15) is 32.3 Å². The maximum absolute atomic E-state index is 13.5. The zero-order valence-corrected chi connectivity index (χ0v) is 19.9. The van der Waals surface area contributed by atoms with Gasteiger partial charge in [-0.15, -0.1) is 0 Å². The summed E-state index contributed by atoms with van der Waals surface area (Å²) in [5.74, 6) is -1.28. The van der Waals surface area contributed by atoms with Crippen molar-refractivity contribution in [1.29, 1.82) is 0 Å². The van der Waals surface area contributed by atoms with Gasteiger partial charge in [0.05, 0.1) is 27.6 Å². The van der Waals surface area contributed by atoms with Gasteiger partial charge in [0.25, 0.3) is 5.91 Å². The van der Waals surface area contributed by atoms with E-state index >= 15 is 0 Å². The maximum Gasteiger partial charge on any atom is 0.416 e. The van der Waals surface area contributed by atoms with Crippen LogP contribution in [0.1, 0.15) is 43.2 Å². The molecular formula is C25H25ClF4N2O4. The third-order valence-electron chi connectivity index (χ3n) is 7.19. The van der Waals surface area contributed by atoms with E-state index in [1.165, 1.54) is 24.3 Å². The predicted octanol–water partition coefficient (Wildman–Crippen LogP) is 4.37. The molecule has 3 aliphatic rings. The molecule has 3 aliphatic carbocycles. The van der Waals surface area contributed by atoms with Crippen molar-refractivity contribution >= 4 is 23.4 Å². The normalized spacial score (nSPS) is 25.3. The number of amides is 2. The summed E-state index contributed by atoms with van der Waals surface area (Å²) >= 11 is 5.63. The van der Waals surface area contributed by atoms with E-state index in [1.807, 2.05) is 0 Å². The summed E-state index contributed by atoms with van der Waals surface area (Å²) in [6.07, 6.45) is -3.61. The van der Waals surface area contributed by atoms with E-state index < -0.39 is 40.5 Å². The number of carbonyl (C=O) groups excluding carboxylic acids is 2. The fourth-order valence-electron chi connectivity index (χ4n) is 5.02. The quantitative estimate of drug-likeness (QED) is 0.466. The van der Waals surface area contributed by atoms with Crippen LogP contribution >= 0.6 is 11.6 Å². The molecule has 6 nitrogen and oxygen atoms in total. The van der Waals surface area contributed by atoms with Crippen molar-refractivity contribution in [1.82, 2.24) is 10.6 Å². The largest absolute Gasteiger partial charge is 0.484 e. The molecule has 3 N–H and O–H groups in total. The van der Waals surface area contributed by atoms with Gasteiger partial charge < -0.3 is 20.5 Å². The molecule has 3 fully saturated rings. The van der Waals surface area contributed by atoms with Crippen LogP contribution in [0.4, 0.5) is 17.6 Å². The van der Waals surface area contributed by atoms with Crippen molar-refractivity contribution in [3.63, 3.8) is 0 Å². The number of fused-ring (bicyclic) bond motifs is 3. The molecule has 2 amide bonds. The molecule has 2 aromatic rings. The van der Waals surface area contributed by atoms with Gasteiger partial charge in [0.2, 0.25) is 5.91 Å². The highest BCUT2D eigenvalue weighted by molar-refractivity contribution is 6.30. The van der Waals surface area contributed by atoms with Crippen LogP contribution in [0.5, 0.6) is 5.75 Å². The summed E-state index contributed by atoms with van der Waals surface area (Å²) in [5.41, 5.74) is -1.93. The Labute approximate surface area is 210 Å². The first kappa shape index (κ1) is 26.2. The lowest BCUT2D eigenvalue weighted by Gasteiger charge is -2.55. The molecule has 3 saturated carbocycles. The second kappa shape index (κ2) is 9.89. The number of aliphatic hydroxyl groups is 1. The fourth-order valence-corrected chi connectivity index (χ4v) is 5.13. The van der Waals surface area contributed by atoms with Gasteiger partial charge in [-0.25, -0.2) is 4.39 Å². The van der Waals surface area contributed by atoms with Crippen LogP contribution in [0.3, 0.4) is 0 Å². The van der Waals surface area contributed by atoms with Gasteiger partial charge in [-0.1, -0.05) is 23.7 Å². The Hall–Kier alpha value is -2.85. The molecule has 11 heteroatoms. The second-order valence-electron chi connectivity index (χ2n) is 9.45. The molecule has 5 rings (SSSR count). The smallest absolute Gasteiger partial charge is 0.416 e. The number of ether oxygens (including phenoxy) is 1. The highest BCUT2D eigenvalue weighted by atomic mass is 35.5. The zero-order valence-electron chi connectivity index (χ0n) is 19.1. The van der Waals surface area contributed by atoms with Crippen LogP contribution < -0.4 is 15.4 Å². The highest BCUT2D eigenvalue weighted by Crippen LogP contribution is 2.52. The number of carbonyl (C=O) groups is 2. The van der Waals surface area contributed by atoms with Crippen LogP contribution in [0.15, 0.2) is 42.5 Å². The van der Waals surface area contributed by atoms with Gasteiger partial charge in [0.1, 0.15) is 11.6 Å². The molecule has 0 aromatic heterocycles. The summed E-state index contributed by atoms with van der Waals surface area (Å²) < 4.78 is 57.0. The SMILES string of the molecule is O=C(COc1ccc(Cl)c(F)c1)NC12CCC(C(=O)NCc3ccc(C(F)(F)F)cc3)(CC1)C[C@@H]2O. The minimum atomic E-state index is -4.43. The van der Waals surface area contributed by atoms with Crippen molar-refractivity contribution in [2.24, 2.45) is 5.41 Å². The van der Waals surface area contributed by atoms with E-state index in [1.54, 1.807) is 0 Å². The number of hydrogen-bond acceptors (Lipinski definition) is 4. The summed E-state index contributed by atoms with van der Waals surface area (Å²) in [6.45, 7) is -0.312. The summed E-state index contributed by atoms with van der Waals surface area (Å²) in [5, 5.41) is 16.4. The second-order valence-corrected chi connectivity index (χ2v) is 9.85. The summed E-state index contributed by atoms with van der Waals surface area (Å²) in [6, 6.07) is 8.39.